The van der Waals surface area contributed by atoms with Gasteiger partial charge in [0.05, 0.1) is 0 Å². The molecule has 4 fully saturated rings. The standard InChI is InChI=1S/C27H46F2/c1-3-5-24-16-23-15-14-22(17-25(23)27(29)26(24)28)21-12-10-20(11-13-21)19-8-6-18(4-2)7-9-19/h18-27H,3-17H2,1-2H3. The topological polar surface area (TPSA) is 0 Å². The van der Waals surface area contributed by atoms with Crippen molar-refractivity contribution in [1.29, 1.82) is 0 Å². The summed E-state index contributed by atoms with van der Waals surface area (Å²) in [5, 5.41) is 0. The normalized spacial score (nSPS) is 48.8. The highest BCUT2D eigenvalue weighted by Crippen LogP contribution is 2.52. The molecule has 0 aromatic heterocycles. The predicted octanol–water partition coefficient (Wildman–Crippen LogP) is 8.54. The Morgan fingerprint density at radius 2 is 1.10 bits per heavy atom. The first-order chi connectivity index (χ1) is 14.1. The first-order valence-electron chi connectivity index (χ1n) is 13.4. The van der Waals surface area contributed by atoms with Crippen LogP contribution >= 0.6 is 0 Å². The van der Waals surface area contributed by atoms with E-state index in [1.165, 1.54) is 70.6 Å². The predicted molar refractivity (Wildman–Crippen MR) is 118 cm³/mol. The van der Waals surface area contributed by atoms with E-state index in [1.54, 1.807) is 0 Å². The molecule has 4 rings (SSSR count). The quantitative estimate of drug-likeness (QED) is 0.427. The number of hydrogen-bond acceptors (Lipinski definition) is 0. The van der Waals surface area contributed by atoms with Crippen LogP contribution in [-0.2, 0) is 0 Å². The van der Waals surface area contributed by atoms with Crippen LogP contribution in [0.3, 0.4) is 0 Å². The number of halogens is 2. The molecular formula is C27H46F2. The Morgan fingerprint density at radius 1 is 0.586 bits per heavy atom. The summed E-state index contributed by atoms with van der Waals surface area (Å²) in [5.74, 6) is 4.93. The molecule has 4 saturated carbocycles. The molecule has 0 aliphatic heterocycles. The van der Waals surface area contributed by atoms with Crippen LogP contribution in [0.15, 0.2) is 0 Å². The first kappa shape index (κ1) is 22.1. The average Bonchev–Trinajstić information content (AvgIpc) is 2.77. The van der Waals surface area contributed by atoms with Crippen LogP contribution in [0.25, 0.3) is 0 Å². The number of fused-ring (bicyclic) bond motifs is 1. The molecule has 168 valence electrons. The van der Waals surface area contributed by atoms with Gasteiger partial charge in [0.2, 0.25) is 0 Å². The smallest absolute Gasteiger partial charge is 0.134 e. The molecule has 4 aliphatic carbocycles. The van der Waals surface area contributed by atoms with Crippen molar-refractivity contribution in [3.8, 4) is 0 Å². The molecule has 0 heterocycles. The minimum Gasteiger partial charge on any atom is -0.244 e. The Hall–Kier alpha value is -0.140. The van der Waals surface area contributed by atoms with Crippen LogP contribution in [0.1, 0.15) is 110 Å². The van der Waals surface area contributed by atoms with E-state index in [-0.39, 0.29) is 11.8 Å². The van der Waals surface area contributed by atoms with Crippen molar-refractivity contribution in [2.45, 2.75) is 123 Å². The number of rotatable bonds is 5. The van der Waals surface area contributed by atoms with E-state index in [4.69, 9.17) is 0 Å². The second kappa shape index (κ2) is 9.99. The lowest BCUT2D eigenvalue weighted by Crippen LogP contribution is -2.46. The van der Waals surface area contributed by atoms with Crippen LogP contribution in [0.4, 0.5) is 8.78 Å². The fraction of sp³-hybridized carbons (Fsp3) is 1.00. The molecule has 29 heavy (non-hydrogen) atoms. The van der Waals surface area contributed by atoms with Crippen LogP contribution < -0.4 is 0 Å². The van der Waals surface area contributed by atoms with Gasteiger partial charge >= 0.3 is 0 Å². The van der Waals surface area contributed by atoms with Crippen molar-refractivity contribution in [1.82, 2.24) is 0 Å². The molecule has 0 aromatic carbocycles. The van der Waals surface area contributed by atoms with Gasteiger partial charge in [-0.15, -0.1) is 0 Å². The maximum atomic E-state index is 15.0. The molecule has 6 unspecified atom stereocenters. The Labute approximate surface area is 179 Å². The Balaban J connectivity index is 1.26. The molecule has 6 atom stereocenters. The SMILES string of the molecule is CCCC1CC2CCC(C3CCC(C4CCC(CC)CC4)CC3)CC2C(F)C1F. The first-order valence-corrected chi connectivity index (χ1v) is 13.4. The van der Waals surface area contributed by atoms with Gasteiger partial charge in [-0.3, -0.25) is 0 Å². The van der Waals surface area contributed by atoms with Gasteiger partial charge in [0.15, 0.2) is 0 Å². The molecule has 2 heteroatoms. The molecule has 0 amide bonds. The van der Waals surface area contributed by atoms with Crippen molar-refractivity contribution >= 4 is 0 Å². The molecule has 4 aliphatic rings. The molecule has 0 radical (unpaired) electrons. The zero-order valence-electron chi connectivity index (χ0n) is 19.1. The third kappa shape index (κ3) is 4.87. The minimum absolute atomic E-state index is 0.00830. The average molecular weight is 409 g/mol. The lowest BCUT2D eigenvalue weighted by atomic mass is 9.59. The van der Waals surface area contributed by atoms with Gasteiger partial charge < -0.3 is 0 Å². The monoisotopic (exact) mass is 408 g/mol. The van der Waals surface area contributed by atoms with Crippen molar-refractivity contribution in [3.05, 3.63) is 0 Å². The zero-order valence-corrected chi connectivity index (χ0v) is 19.1. The van der Waals surface area contributed by atoms with Gasteiger partial charge in [0.25, 0.3) is 0 Å². The Bertz CT molecular complexity index is 487. The third-order valence-electron chi connectivity index (χ3n) is 10.1. The lowest BCUT2D eigenvalue weighted by Gasteiger charge is -2.48. The summed E-state index contributed by atoms with van der Waals surface area (Å²) in [6.07, 6.45) is 16.7. The van der Waals surface area contributed by atoms with Crippen LogP contribution in [-0.4, -0.2) is 12.3 Å². The minimum atomic E-state index is -1.19. The summed E-state index contributed by atoms with van der Waals surface area (Å²) >= 11 is 0. The third-order valence-corrected chi connectivity index (χ3v) is 10.1. The lowest BCUT2D eigenvalue weighted by molar-refractivity contribution is -0.0526. The van der Waals surface area contributed by atoms with Crippen LogP contribution in [0, 0.1) is 47.3 Å². The molecule has 0 nitrogen and oxygen atoms in total. The zero-order chi connectivity index (χ0) is 20.4. The summed E-state index contributed by atoms with van der Waals surface area (Å²) in [4.78, 5) is 0. The maximum absolute atomic E-state index is 15.0. The van der Waals surface area contributed by atoms with E-state index in [9.17, 15) is 4.39 Å². The highest BCUT2D eigenvalue weighted by atomic mass is 19.2. The summed E-state index contributed by atoms with van der Waals surface area (Å²) in [5.41, 5.74) is 0. The number of hydrogen-bond donors (Lipinski definition) is 0. The molecule has 0 aromatic rings. The van der Waals surface area contributed by atoms with E-state index < -0.39 is 12.3 Å². The van der Waals surface area contributed by atoms with Crippen molar-refractivity contribution in [2.75, 3.05) is 0 Å². The molecule has 0 spiro atoms. The van der Waals surface area contributed by atoms with E-state index in [0.717, 1.165) is 49.4 Å². The molecule has 0 N–H and O–H groups in total. The molecule has 0 bridgehead atoms. The maximum Gasteiger partial charge on any atom is 0.134 e. The summed E-state index contributed by atoms with van der Waals surface area (Å²) in [6.45, 7) is 4.46. The Kier molecular flexibility index (Phi) is 7.60. The Morgan fingerprint density at radius 3 is 1.69 bits per heavy atom. The van der Waals surface area contributed by atoms with Crippen LogP contribution in [0.2, 0.25) is 0 Å². The molecular weight excluding hydrogens is 362 g/mol. The van der Waals surface area contributed by atoms with Gasteiger partial charge in [0, 0.05) is 0 Å². The van der Waals surface area contributed by atoms with Crippen molar-refractivity contribution in [3.63, 3.8) is 0 Å². The van der Waals surface area contributed by atoms with Crippen molar-refractivity contribution in [2.24, 2.45) is 47.3 Å². The summed E-state index contributed by atoms with van der Waals surface area (Å²) in [7, 11) is 0. The number of alkyl halides is 2. The van der Waals surface area contributed by atoms with Crippen LogP contribution in [0.5, 0.6) is 0 Å². The largest absolute Gasteiger partial charge is 0.244 e. The van der Waals surface area contributed by atoms with E-state index in [2.05, 4.69) is 13.8 Å². The highest BCUT2D eigenvalue weighted by molar-refractivity contribution is 4.97. The van der Waals surface area contributed by atoms with Crippen molar-refractivity contribution < 1.29 is 8.78 Å². The fourth-order valence-corrected chi connectivity index (χ4v) is 8.23. The second-order valence-corrected chi connectivity index (χ2v) is 11.5. The summed E-state index contributed by atoms with van der Waals surface area (Å²) < 4.78 is 29.7. The van der Waals surface area contributed by atoms with Gasteiger partial charge in [0.1, 0.15) is 12.3 Å². The fourth-order valence-electron chi connectivity index (χ4n) is 8.23. The molecule has 0 saturated heterocycles. The van der Waals surface area contributed by atoms with E-state index >= 15 is 4.39 Å². The highest BCUT2D eigenvalue weighted by Gasteiger charge is 2.48. The second-order valence-electron chi connectivity index (χ2n) is 11.5. The van der Waals surface area contributed by atoms with Gasteiger partial charge in [-0.1, -0.05) is 39.5 Å². The van der Waals surface area contributed by atoms with Gasteiger partial charge in [-0.05, 0) is 118 Å². The van der Waals surface area contributed by atoms with Gasteiger partial charge in [-0.2, -0.15) is 0 Å². The van der Waals surface area contributed by atoms with E-state index in [1.807, 2.05) is 0 Å². The van der Waals surface area contributed by atoms with Gasteiger partial charge in [-0.25, -0.2) is 8.78 Å². The summed E-state index contributed by atoms with van der Waals surface area (Å²) in [6, 6.07) is 0. The van der Waals surface area contributed by atoms with E-state index in [0.29, 0.717) is 11.8 Å².